The maximum atomic E-state index is 12.6. The number of fused-ring (bicyclic) bond motifs is 2. The zero-order chi connectivity index (χ0) is 25.5. The van der Waals surface area contributed by atoms with E-state index in [1.54, 1.807) is 31.0 Å². The number of carbonyl (C=O) groups is 1. The minimum absolute atomic E-state index is 0.0743. The SMILES string of the molecule is O=C(Nc1cncc(-c2cnc3[nH]nc(-c4cc5c(-c6cccnc6)ccnc5[nH]4)c3c2)c1)C1CCCC1. The second-order valence-corrected chi connectivity index (χ2v) is 9.67. The summed E-state index contributed by atoms with van der Waals surface area (Å²) >= 11 is 0. The van der Waals surface area contributed by atoms with E-state index in [-0.39, 0.29) is 11.8 Å². The summed E-state index contributed by atoms with van der Waals surface area (Å²) in [5, 5.41) is 12.5. The van der Waals surface area contributed by atoms with Crippen molar-refractivity contribution in [1.82, 2.24) is 35.1 Å². The van der Waals surface area contributed by atoms with Crippen LogP contribution >= 0.6 is 0 Å². The van der Waals surface area contributed by atoms with Gasteiger partial charge < -0.3 is 10.3 Å². The first kappa shape index (κ1) is 22.3. The Morgan fingerprint density at radius 2 is 1.71 bits per heavy atom. The molecule has 0 spiro atoms. The molecule has 1 saturated carbocycles. The lowest BCUT2D eigenvalue weighted by Crippen LogP contribution is -2.20. The van der Waals surface area contributed by atoms with Crippen LogP contribution in [-0.4, -0.2) is 41.0 Å². The van der Waals surface area contributed by atoms with E-state index in [0.717, 1.165) is 75.7 Å². The van der Waals surface area contributed by atoms with E-state index in [2.05, 4.69) is 46.5 Å². The molecule has 38 heavy (non-hydrogen) atoms. The molecular formula is C29H24N8O. The summed E-state index contributed by atoms with van der Waals surface area (Å²) < 4.78 is 0. The van der Waals surface area contributed by atoms with Gasteiger partial charge in [0.15, 0.2) is 5.65 Å². The van der Waals surface area contributed by atoms with Gasteiger partial charge in [0.25, 0.3) is 0 Å². The second-order valence-electron chi connectivity index (χ2n) is 9.67. The maximum absolute atomic E-state index is 12.6. The van der Waals surface area contributed by atoms with Crippen LogP contribution in [0, 0.1) is 5.92 Å². The largest absolute Gasteiger partial charge is 0.338 e. The first-order valence-electron chi connectivity index (χ1n) is 12.7. The summed E-state index contributed by atoms with van der Waals surface area (Å²) in [7, 11) is 0. The molecule has 7 rings (SSSR count). The molecule has 0 aliphatic heterocycles. The van der Waals surface area contributed by atoms with E-state index in [0.29, 0.717) is 11.3 Å². The van der Waals surface area contributed by atoms with E-state index in [4.69, 9.17) is 0 Å². The molecule has 0 bridgehead atoms. The molecule has 9 heteroatoms. The summed E-state index contributed by atoms with van der Waals surface area (Å²) in [5.74, 6) is 0.167. The fraction of sp³-hybridized carbons (Fsp3) is 0.172. The molecule has 0 saturated heterocycles. The van der Waals surface area contributed by atoms with E-state index in [1.165, 1.54) is 0 Å². The molecule has 0 atom stereocenters. The van der Waals surface area contributed by atoms with Crippen LogP contribution in [0.25, 0.3) is 55.7 Å². The molecule has 1 aliphatic rings. The number of hydrogen-bond acceptors (Lipinski definition) is 6. The zero-order valence-electron chi connectivity index (χ0n) is 20.5. The van der Waals surface area contributed by atoms with Crippen LogP contribution in [0.15, 0.2) is 73.6 Å². The van der Waals surface area contributed by atoms with Crippen molar-refractivity contribution in [3.8, 4) is 33.6 Å². The van der Waals surface area contributed by atoms with Gasteiger partial charge in [-0.1, -0.05) is 18.9 Å². The number of rotatable bonds is 5. The highest BCUT2D eigenvalue weighted by Crippen LogP contribution is 2.34. The standard InChI is InChI=1S/C29H24N8O/c38-29(17-4-1-2-5-17)34-21-10-19(14-31-16-21)20-11-24-26(36-37-28(24)33-15-20)25-12-23-22(7-9-32-27(23)35-25)18-6-3-8-30-13-18/h3,6-17H,1-2,4-5H2,(H,32,35)(H,34,38)(H,33,36,37). The highest BCUT2D eigenvalue weighted by Gasteiger charge is 2.23. The van der Waals surface area contributed by atoms with Crippen LogP contribution in [-0.2, 0) is 4.79 Å². The van der Waals surface area contributed by atoms with Crippen LogP contribution < -0.4 is 5.32 Å². The van der Waals surface area contributed by atoms with Crippen LogP contribution in [0.5, 0.6) is 0 Å². The van der Waals surface area contributed by atoms with Gasteiger partial charge in [-0.05, 0) is 48.7 Å². The first-order chi connectivity index (χ1) is 18.7. The molecule has 6 heterocycles. The Morgan fingerprint density at radius 3 is 2.58 bits per heavy atom. The van der Waals surface area contributed by atoms with Gasteiger partial charge in [0.1, 0.15) is 11.3 Å². The van der Waals surface area contributed by atoms with Gasteiger partial charge in [-0.15, -0.1) is 0 Å². The number of pyridine rings is 4. The lowest BCUT2D eigenvalue weighted by atomic mass is 10.0. The molecule has 0 radical (unpaired) electrons. The maximum Gasteiger partial charge on any atom is 0.227 e. The Labute approximate surface area is 217 Å². The van der Waals surface area contributed by atoms with E-state index < -0.39 is 0 Å². The number of hydrogen-bond donors (Lipinski definition) is 3. The third-order valence-electron chi connectivity index (χ3n) is 7.24. The second kappa shape index (κ2) is 9.19. The minimum Gasteiger partial charge on any atom is -0.338 e. The Morgan fingerprint density at radius 1 is 0.842 bits per heavy atom. The van der Waals surface area contributed by atoms with Gasteiger partial charge >= 0.3 is 0 Å². The molecular weight excluding hydrogens is 476 g/mol. The van der Waals surface area contributed by atoms with Gasteiger partial charge in [0.2, 0.25) is 5.91 Å². The third kappa shape index (κ3) is 3.98. The number of nitrogens with zero attached hydrogens (tertiary/aromatic N) is 5. The highest BCUT2D eigenvalue weighted by molar-refractivity contribution is 6.00. The molecule has 6 aromatic heterocycles. The molecule has 3 N–H and O–H groups in total. The van der Waals surface area contributed by atoms with Gasteiger partial charge in [-0.2, -0.15) is 5.10 Å². The van der Waals surface area contributed by atoms with E-state index >= 15 is 0 Å². The van der Waals surface area contributed by atoms with Crippen molar-refractivity contribution in [2.45, 2.75) is 25.7 Å². The summed E-state index contributed by atoms with van der Waals surface area (Å²) in [6, 6.07) is 12.0. The Balaban J connectivity index is 1.25. The minimum atomic E-state index is 0.0743. The normalized spacial score (nSPS) is 13.9. The number of nitrogens with one attached hydrogen (secondary N) is 3. The lowest BCUT2D eigenvalue weighted by molar-refractivity contribution is -0.119. The monoisotopic (exact) mass is 500 g/mol. The first-order valence-corrected chi connectivity index (χ1v) is 12.7. The number of amides is 1. The molecule has 1 amide bonds. The predicted octanol–water partition coefficient (Wildman–Crippen LogP) is 5.75. The van der Waals surface area contributed by atoms with Gasteiger partial charge in [0, 0.05) is 64.4 Å². The van der Waals surface area contributed by atoms with Crippen molar-refractivity contribution >= 4 is 33.7 Å². The number of aromatic amines is 2. The molecule has 1 aliphatic carbocycles. The summed E-state index contributed by atoms with van der Waals surface area (Å²) in [6.07, 6.45) is 14.8. The lowest BCUT2D eigenvalue weighted by Gasteiger charge is -2.11. The molecule has 186 valence electrons. The van der Waals surface area contributed by atoms with Crippen molar-refractivity contribution < 1.29 is 4.79 Å². The van der Waals surface area contributed by atoms with E-state index in [1.807, 2.05) is 36.5 Å². The van der Waals surface area contributed by atoms with Crippen LogP contribution in [0.4, 0.5) is 5.69 Å². The van der Waals surface area contributed by atoms with Gasteiger partial charge in [0.05, 0.1) is 17.6 Å². The molecule has 0 aromatic carbocycles. The van der Waals surface area contributed by atoms with Crippen LogP contribution in [0.1, 0.15) is 25.7 Å². The van der Waals surface area contributed by atoms with Crippen molar-refractivity contribution in [3.63, 3.8) is 0 Å². The van der Waals surface area contributed by atoms with Crippen molar-refractivity contribution in [1.29, 1.82) is 0 Å². The number of carbonyl (C=O) groups excluding carboxylic acids is 1. The van der Waals surface area contributed by atoms with Crippen molar-refractivity contribution in [3.05, 3.63) is 73.6 Å². The smallest absolute Gasteiger partial charge is 0.227 e. The summed E-state index contributed by atoms with van der Waals surface area (Å²) in [5.41, 5.74) is 7.56. The number of aromatic nitrogens is 7. The van der Waals surface area contributed by atoms with Crippen LogP contribution in [0.2, 0.25) is 0 Å². The predicted molar refractivity (Wildman–Crippen MR) is 146 cm³/mol. The quantitative estimate of drug-likeness (QED) is 0.277. The third-order valence-corrected chi connectivity index (χ3v) is 7.24. The molecule has 0 unspecified atom stereocenters. The summed E-state index contributed by atoms with van der Waals surface area (Å²) in [4.78, 5) is 33.8. The fourth-order valence-corrected chi connectivity index (χ4v) is 5.29. The van der Waals surface area contributed by atoms with Crippen molar-refractivity contribution in [2.75, 3.05) is 5.32 Å². The average Bonchev–Trinajstić information content (AvgIpc) is 3.73. The highest BCUT2D eigenvalue weighted by atomic mass is 16.1. The number of anilines is 1. The summed E-state index contributed by atoms with van der Waals surface area (Å²) in [6.45, 7) is 0. The van der Waals surface area contributed by atoms with E-state index in [9.17, 15) is 4.79 Å². The van der Waals surface area contributed by atoms with Crippen molar-refractivity contribution in [2.24, 2.45) is 5.92 Å². The molecule has 1 fully saturated rings. The van der Waals surface area contributed by atoms with Gasteiger partial charge in [-0.3, -0.25) is 19.9 Å². The average molecular weight is 501 g/mol. The Kier molecular flexibility index (Phi) is 5.39. The molecule has 6 aromatic rings. The topological polar surface area (TPSA) is 125 Å². The fourth-order valence-electron chi connectivity index (χ4n) is 5.29. The Bertz CT molecular complexity index is 1780. The zero-order valence-corrected chi connectivity index (χ0v) is 20.5. The number of H-pyrrole nitrogens is 2. The Hall–Kier alpha value is -4.92. The van der Waals surface area contributed by atoms with Gasteiger partial charge in [-0.25, -0.2) is 9.97 Å². The van der Waals surface area contributed by atoms with Crippen LogP contribution in [0.3, 0.4) is 0 Å². The molecule has 9 nitrogen and oxygen atoms in total.